The van der Waals surface area contributed by atoms with Gasteiger partial charge < -0.3 is 10.1 Å². The normalized spacial score (nSPS) is 27.7. The number of carbonyl (C=O) groups is 1. The van der Waals surface area contributed by atoms with Crippen molar-refractivity contribution in [1.82, 2.24) is 10.2 Å². The van der Waals surface area contributed by atoms with Gasteiger partial charge in [0.05, 0.1) is 13.7 Å². The Morgan fingerprint density at radius 2 is 2.20 bits per heavy atom. The first-order chi connectivity index (χ1) is 7.28. The molecule has 1 aliphatic carbocycles. The summed E-state index contributed by atoms with van der Waals surface area (Å²) in [4.78, 5) is 13.3. The van der Waals surface area contributed by atoms with Gasteiger partial charge in [0.2, 0.25) is 0 Å². The lowest BCUT2D eigenvalue weighted by Crippen LogP contribution is -2.47. The number of hydrogen-bond acceptors (Lipinski definition) is 4. The number of esters is 1. The van der Waals surface area contributed by atoms with Gasteiger partial charge in [0.25, 0.3) is 0 Å². The fraction of sp³-hybridized carbons (Fsp3) is 0.909. The second-order valence-corrected chi connectivity index (χ2v) is 4.59. The molecule has 1 atom stereocenters. The molecule has 0 spiro atoms. The zero-order valence-corrected chi connectivity index (χ0v) is 9.37. The van der Waals surface area contributed by atoms with Crippen molar-refractivity contribution in [3.05, 3.63) is 0 Å². The number of likely N-dealkylation sites (tertiary alicyclic amines) is 1. The Labute approximate surface area is 91.0 Å². The number of methoxy groups -OCH3 is 1. The summed E-state index contributed by atoms with van der Waals surface area (Å²) >= 11 is 0. The van der Waals surface area contributed by atoms with Gasteiger partial charge in [0.15, 0.2) is 0 Å². The van der Waals surface area contributed by atoms with Crippen molar-refractivity contribution in [2.75, 3.05) is 26.7 Å². The van der Waals surface area contributed by atoms with Gasteiger partial charge in [-0.15, -0.1) is 0 Å². The summed E-state index contributed by atoms with van der Waals surface area (Å²) < 4.78 is 4.68. The van der Waals surface area contributed by atoms with Crippen LogP contribution in [0, 0.1) is 0 Å². The maximum atomic E-state index is 11.1. The van der Waals surface area contributed by atoms with Crippen molar-refractivity contribution in [3.8, 4) is 0 Å². The Balaban J connectivity index is 1.73. The molecule has 1 aliphatic heterocycles. The molecular weight excluding hydrogens is 192 g/mol. The highest BCUT2D eigenvalue weighted by atomic mass is 16.5. The van der Waals surface area contributed by atoms with Crippen LogP contribution < -0.4 is 5.32 Å². The summed E-state index contributed by atoms with van der Waals surface area (Å²) in [6, 6.07) is 1.34. The van der Waals surface area contributed by atoms with E-state index in [0.29, 0.717) is 12.6 Å². The van der Waals surface area contributed by atoms with Crippen molar-refractivity contribution >= 4 is 5.97 Å². The minimum absolute atomic E-state index is 0.123. The zero-order chi connectivity index (χ0) is 10.7. The van der Waals surface area contributed by atoms with E-state index in [0.717, 1.165) is 19.1 Å². The fourth-order valence-electron chi connectivity index (χ4n) is 2.17. The molecule has 86 valence electrons. The first kappa shape index (κ1) is 10.9. The molecule has 0 aromatic heterocycles. The summed E-state index contributed by atoms with van der Waals surface area (Å²) in [7, 11) is 1.45. The number of carbonyl (C=O) groups excluding carboxylic acids is 1. The van der Waals surface area contributed by atoms with Crippen LogP contribution in [0.3, 0.4) is 0 Å². The molecule has 2 fully saturated rings. The van der Waals surface area contributed by atoms with E-state index in [1.807, 2.05) is 0 Å². The van der Waals surface area contributed by atoms with Gasteiger partial charge in [-0.25, -0.2) is 0 Å². The maximum absolute atomic E-state index is 11.1. The molecule has 1 saturated heterocycles. The zero-order valence-electron chi connectivity index (χ0n) is 9.37. The van der Waals surface area contributed by atoms with Crippen molar-refractivity contribution in [2.24, 2.45) is 0 Å². The predicted molar refractivity (Wildman–Crippen MR) is 57.6 cm³/mol. The smallest absolute Gasteiger partial charge is 0.319 e. The molecule has 1 saturated carbocycles. The van der Waals surface area contributed by atoms with Crippen LogP contribution in [-0.4, -0.2) is 49.7 Å². The van der Waals surface area contributed by atoms with E-state index in [2.05, 4.69) is 15.0 Å². The van der Waals surface area contributed by atoms with E-state index in [9.17, 15) is 4.79 Å². The van der Waals surface area contributed by atoms with Gasteiger partial charge in [-0.05, 0) is 32.2 Å². The Morgan fingerprint density at radius 3 is 2.87 bits per heavy atom. The summed E-state index contributed by atoms with van der Waals surface area (Å²) in [5, 5.41) is 3.62. The molecule has 1 unspecified atom stereocenters. The molecule has 15 heavy (non-hydrogen) atoms. The summed E-state index contributed by atoms with van der Waals surface area (Å²) in [6.45, 7) is 2.46. The third-order valence-electron chi connectivity index (χ3n) is 3.13. The minimum Gasteiger partial charge on any atom is -0.468 e. The number of piperidine rings is 1. The van der Waals surface area contributed by atoms with Crippen LogP contribution in [0.2, 0.25) is 0 Å². The molecule has 0 bridgehead atoms. The van der Waals surface area contributed by atoms with Gasteiger partial charge in [0.1, 0.15) is 0 Å². The van der Waals surface area contributed by atoms with E-state index >= 15 is 0 Å². The molecule has 1 heterocycles. The van der Waals surface area contributed by atoms with Crippen LogP contribution in [0.4, 0.5) is 0 Å². The van der Waals surface area contributed by atoms with Crippen LogP contribution >= 0.6 is 0 Å². The lowest BCUT2D eigenvalue weighted by Gasteiger charge is -2.32. The molecular formula is C11H20N2O2. The molecule has 2 aliphatic rings. The molecule has 4 nitrogen and oxygen atoms in total. The first-order valence-electron chi connectivity index (χ1n) is 5.83. The SMILES string of the molecule is COC(=O)CN1CCCC(NC2CC2)C1. The van der Waals surface area contributed by atoms with E-state index in [1.165, 1.54) is 32.8 Å². The highest BCUT2D eigenvalue weighted by Gasteiger charge is 2.28. The molecule has 0 aromatic carbocycles. The van der Waals surface area contributed by atoms with E-state index in [-0.39, 0.29) is 5.97 Å². The molecule has 0 radical (unpaired) electrons. The molecule has 2 rings (SSSR count). The van der Waals surface area contributed by atoms with Gasteiger partial charge in [0, 0.05) is 18.6 Å². The van der Waals surface area contributed by atoms with Crippen LogP contribution in [-0.2, 0) is 9.53 Å². The largest absolute Gasteiger partial charge is 0.468 e. The van der Waals surface area contributed by atoms with Crippen molar-refractivity contribution in [1.29, 1.82) is 0 Å². The Morgan fingerprint density at radius 1 is 1.40 bits per heavy atom. The average molecular weight is 212 g/mol. The highest BCUT2D eigenvalue weighted by Crippen LogP contribution is 2.21. The second kappa shape index (κ2) is 4.94. The van der Waals surface area contributed by atoms with Crippen molar-refractivity contribution in [2.45, 2.75) is 37.8 Å². The first-order valence-corrected chi connectivity index (χ1v) is 5.83. The van der Waals surface area contributed by atoms with Crippen molar-refractivity contribution in [3.63, 3.8) is 0 Å². The van der Waals surface area contributed by atoms with Gasteiger partial charge >= 0.3 is 5.97 Å². The van der Waals surface area contributed by atoms with Crippen LogP contribution in [0.25, 0.3) is 0 Å². The lowest BCUT2D eigenvalue weighted by molar-refractivity contribution is -0.142. The molecule has 4 heteroatoms. The van der Waals surface area contributed by atoms with Crippen LogP contribution in [0.5, 0.6) is 0 Å². The van der Waals surface area contributed by atoms with Crippen molar-refractivity contribution < 1.29 is 9.53 Å². The standard InChI is InChI=1S/C11H20N2O2/c1-15-11(14)8-13-6-2-3-10(7-13)12-9-4-5-9/h9-10,12H,2-8H2,1H3. The number of ether oxygens (including phenoxy) is 1. The lowest BCUT2D eigenvalue weighted by atomic mass is 10.1. The van der Waals surface area contributed by atoms with E-state index in [4.69, 9.17) is 0 Å². The third kappa shape index (κ3) is 3.47. The predicted octanol–water partition coefficient (Wildman–Crippen LogP) is 0.376. The van der Waals surface area contributed by atoms with Gasteiger partial charge in [-0.1, -0.05) is 0 Å². The molecule has 0 amide bonds. The minimum atomic E-state index is -0.123. The summed E-state index contributed by atoms with van der Waals surface area (Å²) in [5.74, 6) is -0.123. The quantitative estimate of drug-likeness (QED) is 0.684. The summed E-state index contributed by atoms with van der Waals surface area (Å²) in [6.07, 6.45) is 5.08. The number of nitrogens with zero attached hydrogens (tertiary/aromatic N) is 1. The number of rotatable bonds is 4. The second-order valence-electron chi connectivity index (χ2n) is 4.59. The Hall–Kier alpha value is -0.610. The average Bonchev–Trinajstić information content (AvgIpc) is 3.02. The summed E-state index contributed by atoms with van der Waals surface area (Å²) in [5.41, 5.74) is 0. The number of hydrogen-bond donors (Lipinski definition) is 1. The monoisotopic (exact) mass is 212 g/mol. The molecule has 1 N–H and O–H groups in total. The maximum Gasteiger partial charge on any atom is 0.319 e. The highest BCUT2D eigenvalue weighted by molar-refractivity contribution is 5.71. The number of nitrogens with one attached hydrogen (secondary N) is 1. The van der Waals surface area contributed by atoms with Crippen LogP contribution in [0.15, 0.2) is 0 Å². The van der Waals surface area contributed by atoms with E-state index < -0.39 is 0 Å². The van der Waals surface area contributed by atoms with Gasteiger partial charge in [-0.2, -0.15) is 0 Å². The topological polar surface area (TPSA) is 41.6 Å². The molecule has 0 aromatic rings. The van der Waals surface area contributed by atoms with E-state index in [1.54, 1.807) is 0 Å². The fourth-order valence-corrected chi connectivity index (χ4v) is 2.17. The Kier molecular flexibility index (Phi) is 3.59. The Bertz CT molecular complexity index is 229. The van der Waals surface area contributed by atoms with Crippen LogP contribution in [0.1, 0.15) is 25.7 Å². The third-order valence-corrected chi connectivity index (χ3v) is 3.13. The van der Waals surface area contributed by atoms with Gasteiger partial charge in [-0.3, -0.25) is 9.69 Å².